The standard InChI is InChI=1S/C10H11NO2S/c1-13-9-4-2-8(3-5-9)10(12)6-14-7-11/h2-5,10,12H,6H2,1H3. The van der Waals surface area contributed by atoms with E-state index < -0.39 is 6.10 Å². The molecule has 1 unspecified atom stereocenters. The largest absolute Gasteiger partial charge is 0.497 e. The number of aliphatic hydroxyl groups is 1. The molecule has 0 fully saturated rings. The molecule has 0 spiro atoms. The van der Waals surface area contributed by atoms with Crippen molar-refractivity contribution in [3.63, 3.8) is 0 Å². The first-order valence-electron chi connectivity index (χ1n) is 4.11. The lowest BCUT2D eigenvalue weighted by Gasteiger charge is -2.08. The maximum atomic E-state index is 9.60. The highest BCUT2D eigenvalue weighted by atomic mass is 32.2. The first-order valence-corrected chi connectivity index (χ1v) is 5.09. The average molecular weight is 209 g/mol. The summed E-state index contributed by atoms with van der Waals surface area (Å²) in [5, 5.41) is 19.9. The first-order chi connectivity index (χ1) is 6.77. The molecule has 0 aliphatic heterocycles. The Morgan fingerprint density at radius 2 is 2.14 bits per heavy atom. The lowest BCUT2D eigenvalue weighted by molar-refractivity contribution is 0.204. The van der Waals surface area contributed by atoms with Gasteiger partial charge in [-0.15, -0.1) is 0 Å². The molecule has 0 heterocycles. The number of methoxy groups -OCH3 is 1. The van der Waals surface area contributed by atoms with E-state index >= 15 is 0 Å². The van der Waals surface area contributed by atoms with Crippen LogP contribution in [0, 0.1) is 10.7 Å². The molecule has 1 aromatic rings. The molecular formula is C10H11NO2S. The van der Waals surface area contributed by atoms with E-state index in [-0.39, 0.29) is 0 Å². The van der Waals surface area contributed by atoms with Crippen LogP contribution in [-0.2, 0) is 0 Å². The Labute approximate surface area is 87.3 Å². The molecule has 4 heteroatoms. The number of hydrogen-bond acceptors (Lipinski definition) is 4. The Kier molecular flexibility index (Phi) is 4.30. The zero-order valence-electron chi connectivity index (χ0n) is 7.80. The zero-order valence-corrected chi connectivity index (χ0v) is 8.62. The van der Waals surface area contributed by atoms with Crippen LogP contribution in [0.1, 0.15) is 11.7 Å². The SMILES string of the molecule is COc1ccc(C(O)CSC#N)cc1. The number of thiocyanates is 1. The van der Waals surface area contributed by atoms with Crippen molar-refractivity contribution >= 4 is 11.8 Å². The first kappa shape index (κ1) is 10.9. The van der Waals surface area contributed by atoms with Gasteiger partial charge in [0.25, 0.3) is 0 Å². The molecule has 0 amide bonds. The number of aliphatic hydroxyl groups excluding tert-OH is 1. The van der Waals surface area contributed by atoms with E-state index in [1.54, 1.807) is 31.4 Å². The van der Waals surface area contributed by atoms with Crippen molar-refractivity contribution in [1.82, 2.24) is 0 Å². The third kappa shape index (κ3) is 2.95. The highest BCUT2D eigenvalue weighted by Gasteiger charge is 2.06. The predicted octanol–water partition coefficient (Wildman–Crippen LogP) is 1.94. The average Bonchev–Trinajstić information content (AvgIpc) is 2.26. The molecule has 1 aromatic carbocycles. The lowest BCUT2D eigenvalue weighted by Crippen LogP contribution is -1.99. The zero-order chi connectivity index (χ0) is 10.4. The molecule has 14 heavy (non-hydrogen) atoms. The Balaban J connectivity index is 2.62. The lowest BCUT2D eigenvalue weighted by atomic mass is 10.1. The van der Waals surface area contributed by atoms with Crippen molar-refractivity contribution in [2.45, 2.75) is 6.10 Å². The van der Waals surface area contributed by atoms with Crippen LogP contribution >= 0.6 is 11.8 Å². The second kappa shape index (κ2) is 5.53. The monoisotopic (exact) mass is 209 g/mol. The van der Waals surface area contributed by atoms with Gasteiger partial charge < -0.3 is 9.84 Å². The summed E-state index contributed by atoms with van der Waals surface area (Å²) in [6.45, 7) is 0. The summed E-state index contributed by atoms with van der Waals surface area (Å²) in [5.74, 6) is 1.15. The summed E-state index contributed by atoms with van der Waals surface area (Å²) in [4.78, 5) is 0. The summed E-state index contributed by atoms with van der Waals surface area (Å²) in [6, 6.07) is 7.16. The molecule has 1 atom stereocenters. The van der Waals surface area contributed by atoms with E-state index in [2.05, 4.69) is 0 Å². The Hall–Kier alpha value is -1.18. The van der Waals surface area contributed by atoms with Crippen LogP contribution in [0.3, 0.4) is 0 Å². The molecule has 0 aliphatic carbocycles. The summed E-state index contributed by atoms with van der Waals surface area (Å²) in [6.07, 6.45) is -0.592. The molecule has 0 saturated heterocycles. The molecule has 0 radical (unpaired) electrons. The van der Waals surface area contributed by atoms with Gasteiger partial charge in [-0.05, 0) is 29.5 Å². The maximum absolute atomic E-state index is 9.60. The Bertz CT molecular complexity index is 318. The normalized spacial score (nSPS) is 11.8. The van der Waals surface area contributed by atoms with Crippen LogP contribution in [0.15, 0.2) is 24.3 Å². The van der Waals surface area contributed by atoms with Crippen LogP contribution in [0.5, 0.6) is 5.75 Å². The molecule has 3 nitrogen and oxygen atoms in total. The minimum atomic E-state index is -0.592. The molecule has 74 valence electrons. The number of rotatable bonds is 4. The van der Waals surface area contributed by atoms with Crippen molar-refractivity contribution in [2.75, 3.05) is 12.9 Å². The number of ether oxygens (including phenoxy) is 1. The maximum Gasteiger partial charge on any atom is 0.133 e. The van der Waals surface area contributed by atoms with Gasteiger partial charge in [0.05, 0.1) is 13.2 Å². The van der Waals surface area contributed by atoms with Gasteiger partial charge in [0.15, 0.2) is 0 Å². The molecule has 0 saturated carbocycles. The van der Waals surface area contributed by atoms with E-state index in [9.17, 15) is 5.11 Å². The van der Waals surface area contributed by atoms with Crippen LogP contribution in [0.25, 0.3) is 0 Å². The van der Waals surface area contributed by atoms with Crippen molar-refractivity contribution < 1.29 is 9.84 Å². The fourth-order valence-electron chi connectivity index (χ4n) is 1.04. The third-order valence-electron chi connectivity index (χ3n) is 1.81. The summed E-state index contributed by atoms with van der Waals surface area (Å²) in [5.41, 5.74) is 0.800. The quantitative estimate of drug-likeness (QED) is 0.770. The second-order valence-corrected chi connectivity index (χ2v) is 3.50. The number of hydrogen-bond donors (Lipinski definition) is 1. The van der Waals surface area contributed by atoms with Gasteiger partial charge in [0, 0.05) is 5.75 Å². The van der Waals surface area contributed by atoms with E-state index in [1.807, 2.05) is 5.40 Å². The van der Waals surface area contributed by atoms with E-state index in [4.69, 9.17) is 10.00 Å². The van der Waals surface area contributed by atoms with Crippen LogP contribution in [0.2, 0.25) is 0 Å². The minimum absolute atomic E-state index is 0.392. The number of nitriles is 1. The van der Waals surface area contributed by atoms with Crippen LogP contribution < -0.4 is 4.74 Å². The fourth-order valence-corrected chi connectivity index (χ4v) is 1.46. The molecular weight excluding hydrogens is 198 g/mol. The van der Waals surface area contributed by atoms with E-state index in [0.29, 0.717) is 5.75 Å². The van der Waals surface area contributed by atoms with Crippen molar-refractivity contribution in [3.8, 4) is 11.2 Å². The van der Waals surface area contributed by atoms with Crippen molar-refractivity contribution in [3.05, 3.63) is 29.8 Å². The van der Waals surface area contributed by atoms with Gasteiger partial charge in [-0.1, -0.05) is 12.1 Å². The van der Waals surface area contributed by atoms with Gasteiger partial charge in [-0.25, -0.2) is 0 Å². The van der Waals surface area contributed by atoms with Gasteiger partial charge >= 0.3 is 0 Å². The summed E-state index contributed by atoms with van der Waals surface area (Å²) in [7, 11) is 1.59. The number of nitrogens with zero attached hydrogens (tertiary/aromatic N) is 1. The van der Waals surface area contributed by atoms with Gasteiger partial charge in [0.2, 0.25) is 0 Å². The fraction of sp³-hybridized carbons (Fsp3) is 0.300. The highest BCUT2D eigenvalue weighted by Crippen LogP contribution is 2.20. The van der Waals surface area contributed by atoms with E-state index in [0.717, 1.165) is 23.1 Å². The van der Waals surface area contributed by atoms with Crippen molar-refractivity contribution in [1.29, 1.82) is 5.26 Å². The van der Waals surface area contributed by atoms with Crippen LogP contribution in [0.4, 0.5) is 0 Å². The Morgan fingerprint density at radius 1 is 1.50 bits per heavy atom. The topological polar surface area (TPSA) is 53.2 Å². The smallest absolute Gasteiger partial charge is 0.133 e. The van der Waals surface area contributed by atoms with Crippen molar-refractivity contribution in [2.24, 2.45) is 0 Å². The summed E-state index contributed by atoms with van der Waals surface area (Å²) >= 11 is 1.05. The van der Waals surface area contributed by atoms with Gasteiger partial charge in [-0.3, -0.25) is 0 Å². The van der Waals surface area contributed by atoms with Gasteiger partial charge in [0.1, 0.15) is 11.2 Å². The minimum Gasteiger partial charge on any atom is -0.497 e. The van der Waals surface area contributed by atoms with Crippen LogP contribution in [-0.4, -0.2) is 18.0 Å². The Morgan fingerprint density at radius 3 is 2.64 bits per heavy atom. The predicted molar refractivity (Wildman–Crippen MR) is 56.0 cm³/mol. The number of benzene rings is 1. The molecule has 0 aromatic heterocycles. The summed E-state index contributed by atoms with van der Waals surface area (Å²) < 4.78 is 4.99. The van der Waals surface area contributed by atoms with Gasteiger partial charge in [-0.2, -0.15) is 5.26 Å². The second-order valence-electron chi connectivity index (χ2n) is 2.69. The highest BCUT2D eigenvalue weighted by molar-refractivity contribution is 8.03. The molecule has 1 N–H and O–H groups in total. The molecule has 0 aliphatic rings. The molecule has 0 bridgehead atoms. The third-order valence-corrected chi connectivity index (χ3v) is 2.42. The molecule has 1 rings (SSSR count). The number of thioether (sulfide) groups is 1. The van der Waals surface area contributed by atoms with E-state index in [1.165, 1.54) is 0 Å².